The van der Waals surface area contributed by atoms with E-state index in [1.165, 1.54) is 19.4 Å². The van der Waals surface area contributed by atoms with E-state index < -0.39 is 0 Å². The number of carbonyl (C=O) groups excluding carboxylic acids is 1. The van der Waals surface area contributed by atoms with Crippen molar-refractivity contribution in [1.82, 2.24) is 9.80 Å². The van der Waals surface area contributed by atoms with Crippen molar-refractivity contribution in [3.05, 3.63) is 0 Å². The lowest BCUT2D eigenvalue weighted by molar-refractivity contribution is -0.138. The Morgan fingerprint density at radius 2 is 2.19 bits per heavy atom. The van der Waals surface area contributed by atoms with Crippen LogP contribution >= 0.6 is 0 Å². The van der Waals surface area contributed by atoms with Crippen molar-refractivity contribution in [3.63, 3.8) is 0 Å². The molecule has 0 aliphatic carbocycles. The third-order valence-electron chi connectivity index (χ3n) is 3.97. The van der Waals surface area contributed by atoms with Crippen molar-refractivity contribution >= 4 is 5.91 Å². The van der Waals surface area contributed by atoms with Crippen LogP contribution in [0.25, 0.3) is 0 Å². The van der Waals surface area contributed by atoms with Crippen molar-refractivity contribution in [2.75, 3.05) is 40.4 Å². The molecule has 4 nitrogen and oxygen atoms in total. The fraction of sp³-hybridized carbons (Fsp3) is 0.917. The maximum absolute atomic E-state index is 11.7. The number of amides is 1. The predicted octanol–water partition coefficient (Wildman–Crippen LogP) is 0.576. The van der Waals surface area contributed by atoms with Gasteiger partial charge in [0.1, 0.15) is 6.61 Å². The second-order valence-electron chi connectivity index (χ2n) is 5.01. The molecule has 0 aromatic rings. The van der Waals surface area contributed by atoms with E-state index in [1.807, 2.05) is 4.90 Å². The summed E-state index contributed by atoms with van der Waals surface area (Å²) < 4.78 is 4.91. The molecule has 0 spiro atoms. The standard InChI is InChI=1S/C12H22N2O2/c1-13-6-3-4-10-8-14(7-5-11(10)13)12(15)9-16-2/h10-11H,3-9H2,1-2H3. The van der Waals surface area contributed by atoms with Gasteiger partial charge in [-0.05, 0) is 38.8 Å². The average Bonchev–Trinajstić information content (AvgIpc) is 2.29. The summed E-state index contributed by atoms with van der Waals surface area (Å²) in [5, 5.41) is 0. The Balaban J connectivity index is 1.92. The first-order valence-corrected chi connectivity index (χ1v) is 6.19. The van der Waals surface area contributed by atoms with Crippen LogP contribution in [-0.4, -0.2) is 62.1 Å². The van der Waals surface area contributed by atoms with Crippen LogP contribution in [0.1, 0.15) is 19.3 Å². The fourth-order valence-corrected chi connectivity index (χ4v) is 3.09. The number of methoxy groups -OCH3 is 1. The van der Waals surface area contributed by atoms with Gasteiger partial charge in [0.2, 0.25) is 5.91 Å². The summed E-state index contributed by atoms with van der Waals surface area (Å²) in [4.78, 5) is 16.2. The summed E-state index contributed by atoms with van der Waals surface area (Å²) in [5.41, 5.74) is 0. The van der Waals surface area contributed by atoms with Crippen molar-refractivity contribution in [2.45, 2.75) is 25.3 Å². The molecule has 16 heavy (non-hydrogen) atoms. The summed E-state index contributed by atoms with van der Waals surface area (Å²) in [6.07, 6.45) is 3.66. The van der Waals surface area contributed by atoms with Gasteiger partial charge in [-0.1, -0.05) is 0 Å². The number of fused-ring (bicyclic) bond motifs is 1. The molecule has 0 saturated carbocycles. The first-order valence-electron chi connectivity index (χ1n) is 6.19. The van der Waals surface area contributed by atoms with E-state index in [9.17, 15) is 4.79 Å². The Labute approximate surface area is 97.5 Å². The van der Waals surface area contributed by atoms with E-state index in [0.29, 0.717) is 12.0 Å². The van der Waals surface area contributed by atoms with Crippen LogP contribution < -0.4 is 0 Å². The first-order chi connectivity index (χ1) is 7.72. The molecule has 0 bridgehead atoms. The third-order valence-corrected chi connectivity index (χ3v) is 3.97. The van der Waals surface area contributed by atoms with E-state index in [1.54, 1.807) is 7.11 Å². The molecule has 2 aliphatic rings. The van der Waals surface area contributed by atoms with Gasteiger partial charge in [-0.15, -0.1) is 0 Å². The number of ether oxygens (including phenoxy) is 1. The van der Waals surface area contributed by atoms with Crippen molar-refractivity contribution in [1.29, 1.82) is 0 Å². The van der Waals surface area contributed by atoms with Crippen molar-refractivity contribution in [3.8, 4) is 0 Å². The number of nitrogens with zero attached hydrogens (tertiary/aromatic N) is 2. The Morgan fingerprint density at radius 1 is 1.38 bits per heavy atom. The number of hydrogen-bond donors (Lipinski definition) is 0. The van der Waals surface area contributed by atoms with Crippen molar-refractivity contribution < 1.29 is 9.53 Å². The molecular weight excluding hydrogens is 204 g/mol. The lowest BCUT2D eigenvalue weighted by Crippen LogP contribution is -2.54. The zero-order chi connectivity index (χ0) is 11.5. The van der Waals surface area contributed by atoms with Crippen molar-refractivity contribution in [2.24, 2.45) is 5.92 Å². The van der Waals surface area contributed by atoms with Gasteiger partial charge < -0.3 is 14.5 Å². The van der Waals surface area contributed by atoms with E-state index in [2.05, 4.69) is 11.9 Å². The molecule has 1 amide bonds. The van der Waals surface area contributed by atoms with E-state index in [0.717, 1.165) is 19.5 Å². The maximum Gasteiger partial charge on any atom is 0.248 e. The quantitative estimate of drug-likeness (QED) is 0.690. The molecule has 2 unspecified atom stereocenters. The zero-order valence-electron chi connectivity index (χ0n) is 10.3. The third kappa shape index (κ3) is 2.38. The largest absolute Gasteiger partial charge is 0.375 e. The lowest BCUT2D eigenvalue weighted by atomic mass is 9.84. The van der Waals surface area contributed by atoms with Gasteiger partial charge in [-0.25, -0.2) is 0 Å². The number of likely N-dealkylation sites (tertiary alicyclic amines) is 2. The number of carbonyl (C=O) groups is 1. The maximum atomic E-state index is 11.7. The fourth-order valence-electron chi connectivity index (χ4n) is 3.09. The second kappa shape index (κ2) is 5.15. The second-order valence-corrected chi connectivity index (χ2v) is 5.01. The molecule has 2 rings (SSSR count). The molecule has 0 N–H and O–H groups in total. The topological polar surface area (TPSA) is 32.8 Å². The van der Waals surface area contributed by atoms with Gasteiger partial charge in [0.15, 0.2) is 0 Å². The van der Waals surface area contributed by atoms with E-state index >= 15 is 0 Å². The van der Waals surface area contributed by atoms with Gasteiger partial charge in [0, 0.05) is 26.2 Å². The monoisotopic (exact) mass is 226 g/mol. The van der Waals surface area contributed by atoms with Crippen LogP contribution in [0.5, 0.6) is 0 Å². The first kappa shape index (κ1) is 11.9. The summed E-state index contributed by atoms with van der Waals surface area (Å²) >= 11 is 0. The summed E-state index contributed by atoms with van der Waals surface area (Å²) in [5.74, 6) is 0.822. The summed E-state index contributed by atoms with van der Waals surface area (Å²) in [7, 11) is 3.79. The normalized spacial score (nSPS) is 31.2. The number of piperidine rings is 2. The highest BCUT2D eigenvalue weighted by atomic mass is 16.5. The zero-order valence-corrected chi connectivity index (χ0v) is 10.3. The molecule has 0 aromatic carbocycles. The molecule has 92 valence electrons. The van der Waals surface area contributed by atoms with Crippen LogP contribution in [0.2, 0.25) is 0 Å². The van der Waals surface area contributed by atoms with Gasteiger partial charge in [0.25, 0.3) is 0 Å². The minimum Gasteiger partial charge on any atom is -0.375 e. The van der Waals surface area contributed by atoms with Gasteiger partial charge >= 0.3 is 0 Å². The highest BCUT2D eigenvalue weighted by Crippen LogP contribution is 2.29. The summed E-state index contributed by atoms with van der Waals surface area (Å²) in [6.45, 7) is 3.27. The summed E-state index contributed by atoms with van der Waals surface area (Å²) in [6, 6.07) is 0.695. The van der Waals surface area contributed by atoms with E-state index in [4.69, 9.17) is 4.74 Å². The molecule has 0 radical (unpaired) electrons. The Kier molecular flexibility index (Phi) is 3.82. The Bertz CT molecular complexity index is 257. The molecule has 2 fully saturated rings. The molecule has 0 aromatic heterocycles. The molecule has 4 heteroatoms. The van der Waals surface area contributed by atoms with Crippen LogP contribution in [0, 0.1) is 5.92 Å². The molecule has 2 aliphatic heterocycles. The van der Waals surface area contributed by atoms with Crippen LogP contribution in [0.3, 0.4) is 0 Å². The number of hydrogen-bond acceptors (Lipinski definition) is 3. The minimum absolute atomic E-state index is 0.147. The Hall–Kier alpha value is -0.610. The SMILES string of the molecule is COCC(=O)N1CCC2C(CCCN2C)C1. The van der Waals surface area contributed by atoms with Crippen LogP contribution in [0.15, 0.2) is 0 Å². The lowest BCUT2D eigenvalue weighted by Gasteiger charge is -2.45. The highest BCUT2D eigenvalue weighted by Gasteiger charge is 2.35. The van der Waals surface area contributed by atoms with E-state index in [-0.39, 0.29) is 12.5 Å². The molecular formula is C12H22N2O2. The average molecular weight is 226 g/mol. The molecule has 2 atom stereocenters. The van der Waals surface area contributed by atoms with Gasteiger partial charge in [0.05, 0.1) is 0 Å². The van der Waals surface area contributed by atoms with Gasteiger partial charge in [-0.3, -0.25) is 4.79 Å². The Morgan fingerprint density at radius 3 is 2.94 bits per heavy atom. The minimum atomic E-state index is 0.147. The highest BCUT2D eigenvalue weighted by molar-refractivity contribution is 5.77. The molecule has 2 saturated heterocycles. The van der Waals surface area contributed by atoms with Crippen LogP contribution in [0.4, 0.5) is 0 Å². The predicted molar refractivity (Wildman–Crippen MR) is 62.2 cm³/mol. The van der Waals surface area contributed by atoms with Crippen LogP contribution in [-0.2, 0) is 9.53 Å². The molecule has 2 heterocycles. The smallest absolute Gasteiger partial charge is 0.248 e. The number of rotatable bonds is 2. The van der Waals surface area contributed by atoms with Gasteiger partial charge in [-0.2, -0.15) is 0 Å².